The Hall–Kier alpha value is -3.11. The third-order valence-corrected chi connectivity index (χ3v) is 3.90. The van der Waals surface area contributed by atoms with Crippen molar-refractivity contribution in [2.45, 2.75) is 6.18 Å². The van der Waals surface area contributed by atoms with Gasteiger partial charge in [-0.3, -0.25) is 0 Å². The summed E-state index contributed by atoms with van der Waals surface area (Å²) in [4.78, 5) is 23.2. The maximum absolute atomic E-state index is 12.9. The quantitative estimate of drug-likeness (QED) is 0.419. The molecule has 0 saturated heterocycles. The number of rotatable bonds is 11. The molecule has 0 fully saturated rings. The summed E-state index contributed by atoms with van der Waals surface area (Å²) in [5, 5.41) is 2.82. The van der Waals surface area contributed by atoms with Gasteiger partial charge in [0, 0.05) is 5.69 Å². The Morgan fingerprint density at radius 1 is 0.935 bits per heavy atom. The molecule has 0 unspecified atom stereocenters. The summed E-state index contributed by atoms with van der Waals surface area (Å²) >= 11 is 0. The van der Waals surface area contributed by atoms with E-state index in [9.17, 15) is 22.8 Å². The van der Waals surface area contributed by atoms with E-state index in [1.54, 1.807) is 18.2 Å². The number of carbonyl (C=O) groups is 2. The van der Waals surface area contributed by atoms with Crippen LogP contribution in [0.5, 0.6) is 0 Å². The van der Waals surface area contributed by atoms with Gasteiger partial charge in [-0.15, -0.1) is 0 Å². The van der Waals surface area contributed by atoms with E-state index in [4.69, 9.17) is 14.2 Å². The first kappa shape index (κ1) is 24.2. The van der Waals surface area contributed by atoms with Gasteiger partial charge in [-0.25, -0.2) is 9.59 Å². The van der Waals surface area contributed by atoms with E-state index < -0.39 is 23.7 Å². The predicted octanol–water partition coefficient (Wildman–Crippen LogP) is 3.81. The van der Waals surface area contributed by atoms with E-state index >= 15 is 0 Å². The molecule has 31 heavy (non-hydrogen) atoms. The zero-order valence-electron chi connectivity index (χ0n) is 16.7. The number of benzene rings is 2. The molecule has 2 aromatic rings. The highest BCUT2D eigenvalue weighted by atomic mass is 19.4. The summed E-state index contributed by atoms with van der Waals surface area (Å²) in [6, 6.07) is 11.0. The van der Waals surface area contributed by atoms with Crippen LogP contribution in [0.4, 0.5) is 24.5 Å². The number of esters is 2. The average Bonchev–Trinajstić information content (AvgIpc) is 2.75. The number of para-hydroxylation sites is 1. The van der Waals surface area contributed by atoms with E-state index in [2.05, 4.69) is 10.1 Å². The van der Waals surface area contributed by atoms with Gasteiger partial charge in [0.2, 0.25) is 0 Å². The van der Waals surface area contributed by atoms with Crippen molar-refractivity contribution in [2.24, 2.45) is 0 Å². The van der Waals surface area contributed by atoms with Gasteiger partial charge in [0.15, 0.2) is 0 Å². The molecular weight excluding hydrogens is 419 g/mol. The molecule has 0 atom stereocenters. The van der Waals surface area contributed by atoms with E-state index in [-0.39, 0.29) is 44.3 Å². The molecule has 0 aliphatic carbocycles. The van der Waals surface area contributed by atoms with E-state index in [1.165, 1.54) is 25.3 Å². The van der Waals surface area contributed by atoms with Crippen LogP contribution in [0.25, 0.3) is 0 Å². The Kier molecular flexibility index (Phi) is 9.29. The Morgan fingerprint density at radius 3 is 2.39 bits per heavy atom. The van der Waals surface area contributed by atoms with Crippen LogP contribution in [0.2, 0.25) is 0 Å². The largest absolute Gasteiger partial charge is 0.467 e. The standard InChI is InChI=1S/C21H22F3NO6/c1-28-19(26)14-30-10-9-29-11-12-31-20(27)17-7-2-3-8-18(17)25-16-6-4-5-15(13-16)21(22,23)24/h2-8,13,25H,9-12,14H2,1H3. The summed E-state index contributed by atoms with van der Waals surface area (Å²) in [5.74, 6) is -1.15. The van der Waals surface area contributed by atoms with Crippen LogP contribution < -0.4 is 5.32 Å². The molecule has 2 rings (SSSR count). The second-order valence-electron chi connectivity index (χ2n) is 6.13. The van der Waals surface area contributed by atoms with E-state index in [0.717, 1.165) is 12.1 Å². The van der Waals surface area contributed by atoms with Gasteiger partial charge >= 0.3 is 18.1 Å². The lowest BCUT2D eigenvalue weighted by Crippen LogP contribution is -2.16. The lowest BCUT2D eigenvalue weighted by molar-refractivity contribution is -0.146. The molecule has 2 aromatic carbocycles. The summed E-state index contributed by atoms with van der Waals surface area (Å²) in [6.07, 6.45) is -4.47. The molecule has 168 valence electrons. The van der Waals surface area contributed by atoms with Gasteiger partial charge in [0.05, 0.1) is 43.7 Å². The fourth-order valence-electron chi connectivity index (χ4n) is 2.40. The van der Waals surface area contributed by atoms with Crippen LogP contribution in [0.1, 0.15) is 15.9 Å². The molecule has 0 saturated carbocycles. The fraction of sp³-hybridized carbons (Fsp3) is 0.333. The number of methoxy groups -OCH3 is 1. The van der Waals surface area contributed by atoms with Crippen LogP contribution in [-0.2, 0) is 29.9 Å². The Bertz CT molecular complexity index is 872. The number of nitrogens with one attached hydrogen (secondary N) is 1. The van der Waals surface area contributed by atoms with Crippen molar-refractivity contribution < 1.29 is 41.7 Å². The molecule has 0 amide bonds. The molecule has 0 aliphatic heterocycles. The van der Waals surface area contributed by atoms with Crippen molar-refractivity contribution >= 4 is 23.3 Å². The second kappa shape index (κ2) is 11.9. The zero-order chi connectivity index (χ0) is 22.7. The molecule has 0 aromatic heterocycles. The number of hydrogen-bond donors (Lipinski definition) is 1. The van der Waals surface area contributed by atoms with Crippen molar-refractivity contribution in [1.82, 2.24) is 0 Å². The van der Waals surface area contributed by atoms with Crippen molar-refractivity contribution in [3.8, 4) is 0 Å². The Morgan fingerprint density at radius 2 is 1.65 bits per heavy atom. The molecule has 0 aliphatic rings. The monoisotopic (exact) mass is 441 g/mol. The molecule has 0 radical (unpaired) electrons. The number of anilines is 2. The lowest BCUT2D eigenvalue weighted by Gasteiger charge is -2.13. The second-order valence-corrected chi connectivity index (χ2v) is 6.13. The minimum Gasteiger partial charge on any atom is -0.467 e. The van der Waals surface area contributed by atoms with Crippen LogP contribution in [0, 0.1) is 0 Å². The first-order valence-electron chi connectivity index (χ1n) is 9.24. The maximum Gasteiger partial charge on any atom is 0.416 e. The molecule has 0 heterocycles. The third-order valence-electron chi connectivity index (χ3n) is 3.90. The minimum atomic E-state index is -4.47. The van der Waals surface area contributed by atoms with Gasteiger partial charge < -0.3 is 24.3 Å². The molecule has 7 nitrogen and oxygen atoms in total. The molecular formula is C21H22F3NO6. The van der Waals surface area contributed by atoms with Gasteiger partial charge in [0.1, 0.15) is 13.2 Å². The topological polar surface area (TPSA) is 83.1 Å². The number of halogens is 3. The number of ether oxygens (including phenoxy) is 4. The number of alkyl halides is 3. The first-order chi connectivity index (χ1) is 14.8. The van der Waals surface area contributed by atoms with Crippen molar-refractivity contribution in [3.05, 3.63) is 59.7 Å². The predicted molar refractivity (Wildman–Crippen MR) is 105 cm³/mol. The lowest BCUT2D eigenvalue weighted by atomic mass is 10.1. The fourth-order valence-corrected chi connectivity index (χ4v) is 2.40. The van der Waals surface area contributed by atoms with Crippen molar-refractivity contribution in [3.63, 3.8) is 0 Å². The van der Waals surface area contributed by atoms with Crippen LogP contribution in [-0.4, -0.2) is 52.1 Å². The molecule has 0 bridgehead atoms. The summed E-state index contributed by atoms with van der Waals surface area (Å²) in [7, 11) is 1.25. The highest BCUT2D eigenvalue weighted by molar-refractivity contribution is 5.96. The summed E-state index contributed by atoms with van der Waals surface area (Å²) < 4.78 is 58.5. The smallest absolute Gasteiger partial charge is 0.416 e. The van der Waals surface area contributed by atoms with Crippen LogP contribution >= 0.6 is 0 Å². The van der Waals surface area contributed by atoms with Crippen molar-refractivity contribution in [1.29, 1.82) is 0 Å². The van der Waals surface area contributed by atoms with Crippen LogP contribution in [0.3, 0.4) is 0 Å². The Balaban J connectivity index is 1.83. The SMILES string of the molecule is COC(=O)COCCOCCOC(=O)c1ccccc1Nc1cccc(C(F)(F)F)c1. The zero-order valence-corrected chi connectivity index (χ0v) is 16.7. The molecule has 0 spiro atoms. The van der Waals surface area contributed by atoms with Gasteiger partial charge in [0.25, 0.3) is 0 Å². The number of carbonyl (C=O) groups excluding carboxylic acids is 2. The average molecular weight is 441 g/mol. The molecule has 10 heteroatoms. The highest BCUT2D eigenvalue weighted by Gasteiger charge is 2.30. The number of hydrogen-bond acceptors (Lipinski definition) is 7. The minimum absolute atomic E-state index is 0.0340. The van der Waals surface area contributed by atoms with Crippen LogP contribution in [0.15, 0.2) is 48.5 Å². The Labute approximate surface area is 177 Å². The normalized spacial score (nSPS) is 11.1. The maximum atomic E-state index is 12.9. The molecule has 1 N–H and O–H groups in total. The first-order valence-corrected chi connectivity index (χ1v) is 9.24. The highest BCUT2D eigenvalue weighted by Crippen LogP contribution is 2.31. The van der Waals surface area contributed by atoms with Gasteiger partial charge in [-0.05, 0) is 30.3 Å². The third kappa shape index (κ3) is 8.27. The van der Waals surface area contributed by atoms with E-state index in [0.29, 0.717) is 5.69 Å². The van der Waals surface area contributed by atoms with E-state index in [1.807, 2.05) is 0 Å². The van der Waals surface area contributed by atoms with Crippen molar-refractivity contribution in [2.75, 3.05) is 45.5 Å². The van der Waals surface area contributed by atoms with Gasteiger partial charge in [-0.2, -0.15) is 13.2 Å². The van der Waals surface area contributed by atoms with Gasteiger partial charge in [-0.1, -0.05) is 18.2 Å². The summed E-state index contributed by atoms with van der Waals surface area (Å²) in [6.45, 7) is 0.268. The summed E-state index contributed by atoms with van der Waals surface area (Å²) in [5.41, 5.74) is -0.138.